The molecule has 0 aromatic carbocycles. The minimum atomic E-state index is 0.0156. The molecule has 0 aliphatic carbocycles. The zero-order valence-corrected chi connectivity index (χ0v) is 8.25. The molecule has 0 aliphatic rings. The number of carbonyl (C=O) groups excluding carboxylic acids is 1. The first-order chi connectivity index (χ1) is 5.70. The highest BCUT2D eigenvalue weighted by atomic mass is 32.1. The van der Waals surface area contributed by atoms with E-state index in [0.717, 1.165) is 6.54 Å². The van der Waals surface area contributed by atoms with Gasteiger partial charge in [0.25, 0.3) is 0 Å². The van der Waals surface area contributed by atoms with Gasteiger partial charge in [-0.3, -0.25) is 4.79 Å². The maximum Gasteiger partial charge on any atom is 0.221 e. The first-order valence-electron chi connectivity index (χ1n) is 3.93. The molecule has 0 aliphatic heterocycles. The van der Waals surface area contributed by atoms with Crippen molar-refractivity contribution in [2.45, 2.75) is 13.3 Å². The summed E-state index contributed by atoms with van der Waals surface area (Å²) in [5.41, 5.74) is 0. The summed E-state index contributed by atoms with van der Waals surface area (Å²) < 4.78 is 0. The third kappa shape index (κ3) is 5.91. The van der Waals surface area contributed by atoms with Crippen LogP contribution in [0.1, 0.15) is 13.3 Å². The Bertz CT molecular complexity index is 161. The summed E-state index contributed by atoms with van der Waals surface area (Å²) in [7, 11) is 1.62. The fraction of sp³-hybridized carbons (Fsp3) is 0.714. The van der Waals surface area contributed by atoms with Crippen molar-refractivity contribution in [3.05, 3.63) is 0 Å². The second-order valence-electron chi connectivity index (χ2n) is 2.21. The summed E-state index contributed by atoms with van der Waals surface area (Å²) in [4.78, 5) is 10.7. The van der Waals surface area contributed by atoms with Gasteiger partial charge in [-0.1, -0.05) is 0 Å². The molecular formula is C7H15N3OS. The van der Waals surface area contributed by atoms with E-state index in [-0.39, 0.29) is 5.91 Å². The van der Waals surface area contributed by atoms with Gasteiger partial charge in [-0.2, -0.15) is 0 Å². The van der Waals surface area contributed by atoms with Crippen LogP contribution in [0.5, 0.6) is 0 Å². The van der Waals surface area contributed by atoms with Gasteiger partial charge < -0.3 is 16.0 Å². The van der Waals surface area contributed by atoms with Gasteiger partial charge in [-0.15, -0.1) is 0 Å². The highest BCUT2D eigenvalue weighted by Gasteiger charge is 1.97. The minimum Gasteiger partial charge on any atom is -0.363 e. The molecule has 0 heterocycles. The standard InChI is InChI=1S/C7H15N3OS/c1-3-9-7(12)10-5-4-6(11)8-2/h3-5H2,1-2H3,(H,8,11)(H2,9,10,12). The minimum absolute atomic E-state index is 0.0156. The fourth-order valence-corrected chi connectivity index (χ4v) is 0.884. The molecule has 0 spiro atoms. The molecule has 0 fully saturated rings. The molecular weight excluding hydrogens is 174 g/mol. The Morgan fingerprint density at radius 1 is 1.42 bits per heavy atom. The number of thiocarbonyl (C=S) groups is 1. The van der Waals surface area contributed by atoms with E-state index < -0.39 is 0 Å². The summed E-state index contributed by atoms with van der Waals surface area (Å²) in [6, 6.07) is 0. The molecule has 0 saturated heterocycles. The van der Waals surface area contributed by atoms with E-state index in [1.54, 1.807) is 7.05 Å². The lowest BCUT2D eigenvalue weighted by atomic mass is 10.4. The van der Waals surface area contributed by atoms with Gasteiger partial charge in [-0.25, -0.2) is 0 Å². The van der Waals surface area contributed by atoms with Crippen LogP contribution < -0.4 is 16.0 Å². The summed E-state index contributed by atoms with van der Waals surface area (Å²) in [5.74, 6) is 0.0156. The lowest BCUT2D eigenvalue weighted by Gasteiger charge is -2.07. The average Bonchev–Trinajstić information content (AvgIpc) is 2.04. The predicted octanol–water partition coefficient (Wildman–Crippen LogP) is -0.393. The Kier molecular flexibility index (Phi) is 6.37. The molecule has 0 bridgehead atoms. The van der Waals surface area contributed by atoms with Crippen LogP contribution in [0.2, 0.25) is 0 Å². The topological polar surface area (TPSA) is 53.2 Å². The van der Waals surface area contributed by atoms with Crippen molar-refractivity contribution in [3.63, 3.8) is 0 Å². The van der Waals surface area contributed by atoms with Crippen molar-refractivity contribution in [2.24, 2.45) is 0 Å². The van der Waals surface area contributed by atoms with Crippen molar-refractivity contribution in [2.75, 3.05) is 20.1 Å². The van der Waals surface area contributed by atoms with Crippen molar-refractivity contribution in [1.82, 2.24) is 16.0 Å². The van der Waals surface area contributed by atoms with Crippen LogP contribution in [0.3, 0.4) is 0 Å². The summed E-state index contributed by atoms with van der Waals surface area (Å²) in [6.07, 6.45) is 0.446. The number of hydrogen-bond donors (Lipinski definition) is 3. The quantitative estimate of drug-likeness (QED) is 0.527. The maximum absolute atomic E-state index is 10.7. The van der Waals surface area contributed by atoms with Crippen LogP contribution in [-0.2, 0) is 4.79 Å². The number of hydrogen-bond acceptors (Lipinski definition) is 2. The van der Waals surface area contributed by atoms with Gasteiger partial charge >= 0.3 is 0 Å². The van der Waals surface area contributed by atoms with Gasteiger partial charge in [-0.05, 0) is 19.1 Å². The Hall–Kier alpha value is -0.840. The monoisotopic (exact) mass is 189 g/mol. The number of rotatable bonds is 4. The summed E-state index contributed by atoms with van der Waals surface area (Å²) in [6.45, 7) is 3.34. The van der Waals surface area contributed by atoms with Gasteiger partial charge in [0.15, 0.2) is 5.11 Å². The lowest BCUT2D eigenvalue weighted by molar-refractivity contribution is -0.120. The van der Waals surface area contributed by atoms with Crippen LogP contribution in [0.15, 0.2) is 0 Å². The molecule has 4 nitrogen and oxygen atoms in total. The molecule has 0 radical (unpaired) electrons. The number of amides is 1. The lowest BCUT2D eigenvalue weighted by Crippen LogP contribution is -2.37. The predicted molar refractivity (Wildman–Crippen MR) is 53.0 cm³/mol. The van der Waals surface area contributed by atoms with Gasteiger partial charge in [0.2, 0.25) is 5.91 Å². The molecule has 70 valence electrons. The summed E-state index contributed by atoms with van der Waals surface area (Å²) >= 11 is 4.89. The third-order valence-corrected chi connectivity index (χ3v) is 1.54. The first-order valence-corrected chi connectivity index (χ1v) is 4.33. The average molecular weight is 189 g/mol. The molecule has 1 amide bonds. The van der Waals surface area contributed by atoms with Crippen LogP contribution in [-0.4, -0.2) is 31.2 Å². The molecule has 0 aromatic rings. The second kappa shape index (κ2) is 6.84. The molecule has 0 aromatic heterocycles. The Labute approximate surface area is 78.1 Å². The smallest absolute Gasteiger partial charge is 0.221 e. The molecule has 5 heteroatoms. The maximum atomic E-state index is 10.7. The van der Waals surface area contributed by atoms with E-state index in [0.29, 0.717) is 18.1 Å². The van der Waals surface area contributed by atoms with Crippen LogP contribution >= 0.6 is 12.2 Å². The van der Waals surface area contributed by atoms with Gasteiger partial charge in [0.1, 0.15) is 0 Å². The highest BCUT2D eigenvalue weighted by Crippen LogP contribution is 1.75. The van der Waals surface area contributed by atoms with Crippen molar-refractivity contribution in [1.29, 1.82) is 0 Å². The molecule has 0 unspecified atom stereocenters. The summed E-state index contributed by atoms with van der Waals surface area (Å²) in [5, 5.41) is 8.96. The van der Waals surface area contributed by atoms with Gasteiger partial charge in [0, 0.05) is 26.6 Å². The number of nitrogens with one attached hydrogen (secondary N) is 3. The van der Waals surface area contributed by atoms with Crippen molar-refractivity contribution in [3.8, 4) is 0 Å². The van der Waals surface area contributed by atoms with E-state index in [9.17, 15) is 4.79 Å². The molecule has 3 N–H and O–H groups in total. The van der Waals surface area contributed by atoms with Crippen LogP contribution in [0.25, 0.3) is 0 Å². The van der Waals surface area contributed by atoms with E-state index in [1.165, 1.54) is 0 Å². The Morgan fingerprint density at radius 3 is 2.58 bits per heavy atom. The van der Waals surface area contributed by atoms with E-state index >= 15 is 0 Å². The zero-order chi connectivity index (χ0) is 9.40. The van der Waals surface area contributed by atoms with Crippen LogP contribution in [0, 0.1) is 0 Å². The molecule has 0 rings (SSSR count). The normalized spacial score (nSPS) is 8.83. The van der Waals surface area contributed by atoms with E-state index in [4.69, 9.17) is 12.2 Å². The van der Waals surface area contributed by atoms with Gasteiger partial charge in [0.05, 0.1) is 0 Å². The third-order valence-electron chi connectivity index (χ3n) is 1.25. The number of carbonyl (C=O) groups is 1. The molecule has 12 heavy (non-hydrogen) atoms. The SMILES string of the molecule is CCNC(=S)NCCC(=O)NC. The Morgan fingerprint density at radius 2 is 2.08 bits per heavy atom. The second-order valence-corrected chi connectivity index (χ2v) is 2.62. The molecule has 0 saturated carbocycles. The van der Waals surface area contributed by atoms with Crippen molar-refractivity contribution < 1.29 is 4.79 Å². The van der Waals surface area contributed by atoms with Crippen LogP contribution in [0.4, 0.5) is 0 Å². The van der Waals surface area contributed by atoms with E-state index in [2.05, 4.69) is 16.0 Å². The van der Waals surface area contributed by atoms with E-state index in [1.807, 2.05) is 6.92 Å². The highest BCUT2D eigenvalue weighted by molar-refractivity contribution is 7.80. The first kappa shape index (κ1) is 11.2. The fourth-order valence-electron chi connectivity index (χ4n) is 0.638. The zero-order valence-electron chi connectivity index (χ0n) is 7.44. The van der Waals surface area contributed by atoms with Crippen molar-refractivity contribution >= 4 is 23.2 Å². The Balaban J connectivity index is 3.30. The largest absolute Gasteiger partial charge is 0.363 e. The molecule has 0 atom stereocenters.